The summed E-state index contributed by atoms with van der Waals surface area (Å²) in [6, 6.07) is 29.6. The molecule has 1 aromatic heterocycles. The van der Waals surface area contributed by atoms with Gasteiger partial charge in [-0.25, -0.2) is 4.98 Å². The zero-order valence-corrected chi connectivity index (χ0v) is 22.4. The zero-order valence-electron chi connectivity index (χ0n) is 21.7. The van der Waals surface area contributed by atoms with Gasteiger partial charge in [-0.2, -0.15) is 0 Å². The maximum Gasteiger partial charge on any atom is 0.140 e. The van der Waals surface area contributed by atoms with Gasteiger partial charge in [0.2, 0.25) is 0 Å². The maximum atomic E-state index is 6.17. The third kappa shape index (κ3) is 6.87. The highest BCUT2D eigenvalue weighted by Gasteiger charge is 2.21. The molecule has 3 nitrogen and oxygen atoms in total. The number of unbranched alkanes of at least 4 members (excludes halogenated alkanes) is 3. The molecular formula is C32H38ClN3. The molecule has 36 heavy (non-hydrogen) atoms. The van der Waals surface area contributed by atoms with Crippen molar-refractivity contribution < 1.29 is 0 Å². The van der Waals surface area contributed by atoms with Crippen LogP contribution >= 0.6 is 11.6 Å². The first-order valence-electron chi connectivity index (χ1n) is 13.4. The number of rotatable bonds is 13. The Morgan fingerprint density at radius 3 is 2.00 bits per heavy atom. The summed E-state index contributed by atoms with van der Waals surface area (Å²) in [6.07, 6.45) is 5.92. The van der Waals surface area contributed by atoms with E-state index in [0.717, 1.165) is 49.1 Å². The van der Waals surface area contributed by atoms with Gasteiger partial charge in [0.25, 0.3) is 0 Å². The Morgan fingerprint density at radius 2 is 1.36 bits per heavy atom. The van der Waals surface area contributed by atoms with Gasteiger partial charge in [-0.3, -0.25) is 4.90 Å². The van der Waals surface area contributed by atoms with E-state index in [4.69, 9.17) is 16.6 Å². The molecule has 188 valence electrons. The summed E-state index contributed by atoms with van der Waals surface area (Å²) in [5, 5.41) is 0.784. The summed E-state index contributed by atoms with van der Waals surface area (Å²) >= 11 is 6.17. The van der Waals surface area contributed by atoms with Crippen molar-refractivity contribution in [3.8, 4) is 22.6 Å². The van der Waals surface area contributed by atoms with Crippen molar-refractivity contribution in [1.82, 2.24) is 14.5 Å². The maximum absolute atomic E-state index is 6.17. The topological polar surface area (TPSA) is 21.1 Å². The van der Waals surface area contributed by atoms with Crippen LogP contribution in [-0.2, 0) is 19.6 Å². The van der Waals surface area contributed by atoms with E-state index >= 15 is 0 Å². The van der Waals surface area contributed by atoms with E-state index in [1.807, 2.05) is 12.1 Å². The molecule has 0 radical (unpaired) electrons. The Morgan fingerprint density at radius 1 is 0.722 bits per heavy atom. The lowest BCUT2D eigenvalue weighted by atomic mass is 10.1. The molecular weight excluding hydrogens is 462 g/mol. The SMILES string of the molecule is CCCCCn1c(-c2ccccc2)nc(-c2ccccc2)c1CN(CCCC)Cc1ccc(Cl)cc1. The quantitative estimate of drug-likeness (QED) is 0.171. The molecule has 0 bridgehead atoms. The van der Waals surface area contributed by atoms with E-state index in [9.17, 15) is 0 Å². The molecule has 0 fully saturated rings. The molecule has 4 heteroatoms. The average Bonchev–Trinajstić information content (AvgIpc) is 3.27. The number of hydrogen-bond acceptors (Lipinski definition) is 2. The first-order valence-corrected chi connectivity index (χ1v) is 13.7. The van der Waals surface area contributed by atoms with Gasteiger partial charge in [0.05, 0.1) is 11.4 Å². The fraction of sp³-hybridized carbons (Fsp3) is 0.344. The Bertz CT molecular complexity index is 1180. The summed E-state index contributed by atoms with van der Waals surface area (Å²) < 4.78 is 2.49. The first-order chi connectivity index (χ1) is 17.7. The largest absolute Gasteiger partial charge is 0.326 e. The second kappa shape index (κ2) is 13.4. The number of benzene rings is 3. The van der Waals surface area contributed by atoms with Crippen molar-refractivity contribution in [1.29, 1.82) is 0 Å². The van der Waals surface area contributed by atoms with Crippen LogP contribution in [0.5, 0.6) is 0 Å². The van der Waals surface area contributed by atoms with Gasteiger partial charge >= 0.3 is 0 Å². The van der Waals surface area contributed by atoms with Crippen molar-refractivity contribution in [2.24, 2.45) is 0 Å². The second-order valence-electron chi connectivity index (χ2n) is 9.51. The minimum absolute atomic E-state index is 0.784. The van der Waals surface area contributed by atoms with Crippen molar-refractivity contribution in [2.75, 3.05) is 6.54 Å². The molecule has 0 amide bonds. The lowest BCUT2D eigenvalue weighted by Crippen LogP contribution is -2.26. The first kappa shape index (κ1) is 26.2. The smallest absolute Gasteiger partial charge is 0.140 e. The van der Waals surface area contributed by atoms with E-state index < -0.39 is 0 Å². The van der Waals surface area contributed by atoms with E-state index in [1.54, 1.807) is 0 Å². The fourth-order valence-electron chi connectivity index (χ4n) is 4.70. The lowest BCUT2D eigenvalue weighted by molar-refractivity contribution is 0.246. The van der Waals surface area contributed by atoms with Crippen molar-refractivity contribution >= 4 is 11.6 Å². The highest BCUT2D eigenvalue weighted by Crippen LogP contribution is 2.31. The zero-order chi connectivity index (χ0) is 25.2. The molecule has 0 N–H and O–H groups in total. The highest BCUT2D eigenvalue weighted by atomic mass is 35.5. The van der Waals surface area contributed by atoms with Crippen LogP contribution in [0.25, 0.3) is 22.6 Å². The predicted molar refractivity (Wildman–Crippen MR) is 153 cm³/mol. The van der Waals surface area contributed by atoms with Gasteiger partial charge in [-0.05, 0) is 37.1 Å². The van der Waals surface area contributed by atoms with Gasteiger partial charge in [-0.1, -0.05) is 118 Å². The van der Waals surface area contributed by atoms with Gasteiger partial charge in [0.1, 0.15) is 5.82 Å². The average molecular weight is 500 g/mol. The molecule has 0 aliphatic heterocycles. The summed E-state index contributed by atoms with van der Waals surface area (Å²) in [4.78, 5) is 7.87. The van der Waals surface area contributed by atoms with Crippen molar-refractivity contribution in [2.45, 2.75) is 65.6 Å². The van der Waals surface area contributed by atoms with Crippen molar-refractivity contribution in [3.63, 3.8) is 0 Å². The molecule has 3 aromatic carbocycles. The molecule has 0 saturated heterocycles. The monoisotopic (exact) mass is 499 g/mol. The molecule has 4 rings (SSSR count). The van der Waals surface area contributed by atoms with Crippen LogP contribution in [0, 0.1) is 0 Å². The molecule has 4 aromatic rings. The number of hydrogen-bond donors (Lipinski definition) is 0. The summed E-state index contributed by atoms with van der Waals surface area (Å²) in [5.41, 5.74) is 6.05. The van der Waals surface area contributed by atoms with Gasteiger partial charge < -0.3 is 4.57 Å². The molecule has 0 aliphatic carbocycles. The predicted octanol–water partition coefficient (Wildman–Crippen LogP) is 8.86. The Balaban J connectivity index is 1.78. The normalized spacial score (nSPS) is 11.3. The van der Waals surface area contributed by atoms with Gasteiger partial charge in [-0.15, -0.1) is 0 Å². The van der Waals surface area contributed by atoms with Crippen LogP contribution < -0.4 is 0 Å². The highest BCUT2D eigenvalue weighted by molar-refractivity contribution is 6.30. The van der Waals surface area contributed by atoms with Crippen LogP contribution in [0.1, 0.15) is 57.2 Å². The molecule has 1 heterocycles. The van der Waals surface area contributed by atoms with E-state index in [1.165, 1.54) is 48.1 Å². The second-order valence-corrected chi connectivity index (χ2v) is 9.95. The minimum Gasteiger partial charge on any atom is -0.326 e. The fourth-order valence-corrected chi connectivity index (χ4v) is 4.82. The Kier molecular flexibility index (Phi) is 9.77. The van der Waals surface area contributed by atoms with Crippen LogP contribution in [0.3, 0.4) is 0 Å². The lowest BCUT2D eigenvalue weighted by Gasteiger charge is -2.24. The van der Waals surface area contributed by atoms with Crippen LogP contribution in [0.15, 0.2) is 84.9 Å². The third-order valence-corrected chi connectivity index (χ3v) is 6.91. The van der Waals surface area contributed by atoms with Crippen LogP contribution in [-0.4, -0.2) is 21.0 Å². The molecule has 0 atom stereocenters. The number of aromatic nitrogens is 2. The Hall–Kier alpha value is -2.88. The van der Waals surface area contributed by atoms with E-state index in [-0.39, 0.29) is 0 Å². The van der Waals surface area contributed by atoms with Gasteiger partial charge in [0.15, 0.2) is 0 Å². The molecule has 0 spiro atoms. The van der Waals surface area contributed by atoms with Crippen LogP contribution in [0.2, 0.25) is 5.02 Å². The number of nitrogens with zero attached hydrogens (tertiary/aromatic N) is 3. The van der Waals surface area contributed by atoms with Crippen molar-refractivity contribution in [3.05, 3.63) is 101 Å². The third-order valence-electron chi connectivity index (χ3n) is 6.66. The summed E-state index contributed by atoms with van der Waals surface area (Å²) in [7, 11) is 0. The summed E-state index contributed by atoms with van der Waals surface area (Å²) in [6.45, 7) is 8.31. The molecule has 0 unspecified atom stereocenters. The summed E-state index contributed by atoms with van der Waals surface area (Å²) in [5.74, 6) is 1.07. The van der Waals surface area contributed by atoms with Gasteiger partial charge in [0, 0.05) is 35.8 Å². The minimum atomic E-state index is 0.784. The molecule has 0 aliphatic rings. The van der Waals surface area contributed by atoms with Crippen LogP contribution in [0.4, 0.5) is 0 Å². The van der Waals surface area contributed by atoms with E-state index in [0.29, 0.717) is 0 Å². The van der Waals surface area contributed by atoms with E-state index in [2.05, 4.69) is 96.1 Å². The number of imidazole rings is 1. The Labute approximate surface area is 221 Å². The molecule has 0 saturated carbocycles. The number of halogens is 1. The standard InChI is InChI=1S/C32H38ClN3/c1-3-5-13-23-36-30(25-35(22-6-4-2)24-26-18-20-29(33)21-19-26)31(27-14-9-7-10-15-27)34-32(36)28-16-11-8-12-17-28/h7-12,14-21H,3-6,13,22-25H2,1-2H3.